The van der Waals surface area contributed by atoms with Gasteiger partial charge in [-0.1, -0.05) is 29.8 Å². The molecule has 0 aliphatic carbocycles. The molecule has 0 aliphatic heterocycles. The van der Waals surface area contributed by atoms with Crippen LogP contribution in [0, 0.1) is 0 Å². The van der Waals surface area contributed by atoms with Gasteiger partial charge in [-0.2, -0.15) is 0 Å². The monoisotopic (exact) mass is 277 g/mol. The Morgan fingerprint density at radius 3 is 2.69 bits per heavy atom. The molecule has 0 unspecified atom stereocenters. The summed E-state index contributed by atoms with van der Waals surface area (Å²) in [4.78, 5) is 4.19. The van der Waals surface area contributed by atoms with Gasteiger partial charge in [-0.3, -0.25) is 0 Å². The fraction of sp³-hybridized carbons (Fsp3) is 0. The van der Waals surface area contributed by atoms with Gasteiger partial charge < -0.3 is 0 Å². The molecular formula is C9H6BrCl2N. The molecule has 0 bridgehead atoms. The second-order valence-corrected chi connectivity index (χ2v) is 3.67. The zero-order valence-corrected chi connectivity index (χ0v) is 9.66. The summed E-state index contributed by atoms with van der Waals surface area (Å²) in [5, 5.41) is 1.60. The van der Waals surface area contributed by atoms with Crippen LogP contribution in [0.4, 0.5) is 0 Å². The maximum atomic E-state index is 5.83. The summed E-state index contributed by atoms with van der Waals surface area (Å²) in [5.41, 5.74) is 0.922. The summed E-state index contributed by atoms with van der Waals surface area (Å²) in [5.74, 6) is 0. The number of halogens is 3. The Kier molecular flexibility index (Phi) is 3.54. The first kappa shape index (κ1) is 10.8. The molecule has 13 heavy (non-hydrogen) atoms. The molecule has 1 heterocycles. The van der Waals surface area contributed by atoms with Crippen LogP contribution in [0.3, 0.4) is 0 Å². The third kappa shape index (κ3) is 2.13. The lowest BCUT2D eigenvalue weighted by atomic mass is 10.2. The van der Waals surface area contributed by atoms with Crippen molar-refractivity contribution in [2.24, 2.45) is 0 Å². The van der Waals surface area contributed by atoms with Crippen molar-refractivity contribution in [3.8, 4) is 0 Å². The Hall–Kier alpha value is -0.310. The van der Waals surface area contributed by atoms with Crippen LogP contribution < -0.4 is 0 Å². The minimum absolute atomic E-state index is 0. The van der Waals surface area contributed by atoms with Gasteiger partial charge in [0.1, 0.15) is 5.15 Å². The van der Waals surface area contributed by atoms with Crippen molar-refractivity contribution in [3.05, 3.63) is 40.0 Å². The van der Waals surface area contributed by atoms with Crippen LogP contribution in [0.25, 0.3) is 10.9 Å². The second-order valence-electron chi connectivity index (χ2n) is 2.45. The van der Waals surface area contributed by atoms with E-state index in [4.69, 9.17) is 11.6 Å². The Morgan fingerprint density at radius 2 is 1.92 bits per heavy atom. The first-order valence-electron chi connectivity index (χ1n) is 3.48. The number of fused-ring (bicyclic) bond motifs is 1. The van der Waals surface area contributed by atoms with E-state index >= 15 is 0 Å². The highest BCUT2D eigenvalue weighted by atomic mass is 79.9. The molecule has 1 aromatic carbocycles. The van der Waals surface area contributed by atoms with Crippen molar-refractivity contribution in [2.75, 3.05) is 0 Å². The number of aromatic nitrogens is 1. The third-order valence-electron chi connectivity index (χ3n) is 1.63. The van der Waals surface area contributed by atoms with Crippen molar-refractivity contribution >= 4 is 50.8 Å². The van der Waals surface area contributed by atoms with E-state index in [1.54, 1.807) is 0 Å². The molecule has 0 saturated carbocycles. The molecule has 0 atom stereocenters. The van der Waals surface area contributed by atoms with Crippen LogP contribution in [0.15, 0.2) is 34.8 Å². The van der Waals surface area contributed by atoms with Crippen molar-refractivity contribution in [3.63, 3.8) is 0 Å². The van der Waals surface area contributed by atoms with Crippen LogP contribution in [0.1, 0.15) is 0 Å². The molecule has 0 amide bonds. The van der Waals surface area contributed by atoms with Crippen LogP contribution in [-0.4, -0.2) is 4.98 Å². The highest BCUT2D eigenvalue weighted by molar-refractivity contribution is 9.10. The number of nitrogens with zero attached hydrogens (tertiary/aromatic N) is 1. The van der Waals surface area contributed by atoms with E-state index in [2.05, 4.69) is 20.9 Å². The van der Waals surface area contributed by atoms with Gasteiger partial charge >= 0.3 is 0 Å². The highest BCUT2D eigenvalue weighted by Gasteiger charge is 1.99. The molecule has 0 saturated heterocycles. The Bertz CT molecular complexity index is 390. The van der Waals surface area contributed by atoms with Gasteiger partial charge in [0.25, 0.3) is 0 Å². The quantitative estimate of drug-likeness (QED) is 0.662. The Balaban J connectivity index is 0.000000845. The van der Waals surface area contributed by atoms with Crippen LogP contribution in [0.2, 0.25) is 5.15 Å². The number of hydrogen-bond donors (Lipinski definition) is 0. The van der Waals surface area contributed by atoms with Crippen molar-refractivity contribution < 1.29 is 0 Å². The normalized spacial score (nSPS) is 9.69. The van der Waals surface area contributed by atoms with E-state index in [9.17, 15) is 0 Å². The van der Waals surface area contributed by atoms with Crippen LogP contribution in [0.5, 0.6) is 0 Å². The van der Waals surface area contributed by atoms with Gasteiger partial charge in [-0.25, -0.2) is 4.98 Å². The number of para-hydroxylation sites is 1. The van der Waals surface area contributed by atoms with E-state index in [0.717, 1.165) is 15.4 Å². The standard InChI is InChI=1S/C9H5BrClN.ClH/c10-7-5-6-3-1-2-4-8(6)12-9(7)11;/h1-5H;1H. The minimum atomic E-state index is 0. The fourth-order valence-electron chi connectivity index (χ4n) is 1.07. The van der Waals surface area contributed by atoms with Gasteiger partial charge in [-0.15, -0.1) is 12.4 Å². The van der Waals surface area contributed by atoms with Crippen LogP contribution >= 0.6 is 39.9 Å². The van der Waals surface area contributed by atoms with Crippen molar-refractivity contribution in [1.29, 1.82) is 0 Å². The maximum Gasteiger partial charge on any atom is 0.143 e. The smallest absolute Gasteiger partial charge is 0.143 e. The second kappa shape index (κ2) is 4.27. The predicted molar refractivity (Wildman–Crippen MR) is 61.7 cm³/mol. The SMILES string of the molecule is Cl.Clc1nc2ccccc2cc1Br. The summed E-state index contributed by atoms with van der Waals surface area (Å²) < 4.78 is 0.836. The number of hydrogen-bond acceptors (Lipinski definition) is 1. The zero-order chi connectivity index (χ0) is 8.55. The van der Waals surface area contributed by atoms with E-state index in [-0.39, 0.29) is 12.4 Å². The predicted octanol–water partition coefficient (Wildman–Crippen LogP) is 4.07. The molecule has 68 valence electrons. The number of rotatable bonds is 0. The number of benzene rings is 1. The van der Waals surface area contributed by atoms with Crippen LogP contribution in [-0.2, 0) is 0 Å². The summed E-state index contributed by atoms with van der Waals surface area (Å²) in [7, 11) is 0. The molecule has 0 fully saturated rings. The lowest BCUT2D eigenvalue weighted by molar-refractivity contribution is 1.39. The summed E-state index contributed by atoms with van der Waals surface area (Å²) >= 11 is 9.15. The third-order valence-corrected chi connectivity index (χ3v) is 2.76. The van der Waals surface area contributed by atoms with Crippen molar-refractivity contribution in [2.45, 2.75) is 0 Å². The molecule has 0 spiro atoms. The lowest BCUT2D eigenvalue weighted by Crippen LogP contribution is -1.80. The molecule has 0 aliphatic rings. The highest BCUT2D eigenvalue weighted by Crippen LogP contribution is 2.24. The van der Waals surface area contributed by atoms with E-state index in [1.165, 1.54) is 0 Å². The summed E-state index contributed by atoms with van der Waals surface area (Å²) in [6, 6.07) is 9.83. The van der Waals surface area contributed by atoms with Gasteiger partial charge in [0, 0.05) is 5.39 Å². The molecule has 0 radical (unpaired) electrons. The van der Waals surface area contributed by atoms with Gasteiger partial charge in [-0.05, 0) is 28.1 Å². The fourth-order valence-corrected chi connectivity index (χ4v) is 1.55. The van der Waals surface area contributed by atoms with Gasteiger partial charge in [0.05, 0.1) is 9.99 Å². The largest absolute Gasteiger partial charge is 0.235 e. The molecule has 0 N–H and O–H groups in total. The molecule has 2 rings (SSSR count). The summed E-state index contributed by atoms with van der Waals surface area (Å²) in [6.07, 6.45) is 0. The van der Waals surface area contributed by atoms with E-state index < -0.39 is 0 Å². The van der Waals surface area contributed by atoms with E-state index in [1.807, 2.05) is 30.3 Å². The molecule has 2 aromatic rings. The first-order chi connectivity index (χ1) is 5.77. The maximum absolute atomic E-state index is 5.83. The summed E-state index contributed by atoms with van der Waals surface area (Å²) in [6.45, 7) is 0. The lowest BCUT2D eigenvalue weighted by Gasteiger charge is -1.98. The Morgan fingerprint density at radius 1 is 1.23 bits per heavy atom. The molecular weight excluding hydrogens is 273 g/mol. The zero-order valence-electron chi connectivity index (χ0n) is 6.50. The topological polar surface area (TPSA) is 12.9 Å². The van der Waals surface area contributed by atoms with E-state index in [0.29, 0.717) is 5.15 Å². The van der Waals surface area contributed by atoms with Gasteiger partial charge in [0.15, 0.2) is 0 Å². The van der Waals surface area contributed by atoms with Gasteiger partial charge in [0.2, 0.25) is 0 Å². The Labute approximate surface area is 95.7 Å². The molecule has 1 aromatic heterocycles. The first-order valence-corrected chi connectivity index (χ1v) is 4.65. The average Bonchev–Trinajstić information content (AvgIpc) is 2.07. The molecule has 1 nitrogen and oxygen atoms in total. The molecule has 4 heteroatoms. The number of pyridine rings is 1. The minimum Gasteiger partial charge on any atom is -0.235 e. The average molecular weight is 279 g/mol. The van der Waals surface area contributed by atoms with Crippen molar-refractivity contribution in [1.82, 2.24) is 4.98 Å².